The van der Waals surface area contributed by atoms with Gasteiger partial charge in [0.1, 0.15) is 0 Å². The van der Waals surface area contributed by atoms with Gasteiger partial charge in [-0.1, -0.05) is 49.4 Å². The summed E-state index contributed by atoms with van der Waals surface area (Å²) in [6.45, 7) is 3.54. The van der Waals surface area contributed by atoms with Crippen molar-refractivity contribution in [2.75, 3.05) is 27.2 Å². The highest BCUT2D eigenvalue weighted by atomic mass is 35.5. The van der Waals surface area contributed by atoms with Crippen molar-refractivity contribution in [2.45, 2.75) is 19.5 Å². The van der Waals surface area contributed by atoms with Crippen LogP contribution in [0.1, 0.15) is 34.5 Å². The first-order valence-electron chi connectivity index (χ1n) is 9.48. The van der Waals surface area contributed by atoms with Crippen LogP contribution in [0.25, 0.3) is 0 Å². The summed E-state index contributed by atoms with van der Waals surface area (Å²) in [6, 6.07) is 16.5. The molecule has 2 aromatic rings. The molecule has 0 heterocycles. The average Bonchev–Trinajstić information content (AvgIpc) is 2.71. The van der Waals surface area contributed by atoms with Crippen molar-refractivity contribution in [2.24, 2.45) is 11.7 Å². The molecule has 30 heavy (non-hydrogen) atoms. The molecule has 0 bridgehead atoms. The van der Waals surface area contributed by atoms with Gasteiger partial charge < -0.3 is 21.3 Å². The molecule has 0 saturated heterocycles. The lowest BCUT2D eigenvalue weighted by molar-refractivity contribution is -0.125. The zero-order valence-electron chi connectivity index (χ0n) is 17.6. The predicted octanol–water partition coefficient (Wildman–Crippen LogP) is 2.77. The number of hydrogen-bond acceptors (Lipinski definition) is 4. The normalized spacial score (nSPS) is 12.2. The number of hydrogen-bond donors (Lipinski definition) is 3. The number of carbonyl (C=O) groups is 2. The third kappa shape index (κ3) is 8.71. The molecule has 6 nitrogen and oxygen atoms in total. The molecular formula is C22H32Cl2N4O2. The first-order valence-corrected chi connectivity index (χ1v) is 9.48. The molecule has 8 heteroatoms. The smallest absolute Gasteiger partial charge is 0.251 e. The Morgan fingerprint density at radius 3 is 2.30 bits per heavy atom. The molecule has 0 aromatic heterocycles. The number of nitrogens with zero attached hydrogens (tertiary/aromatic N) is 1. The maximum Gasteiger partial charge on any atom is 0.251 e. The van der Waals surface area contributed by atoms with Gasteiger partial charge in [0, 0.05) is 31.2 Å². The molecule has 166 valence electrons. The van der Waals surface area contributed by atoms with Gasteiger partial charge in [0.25, 0.3) is 5.91 Å². The Morgan fingerprint density at radius 1 is 1.00 bits per heavy atom. The molecule has 0 radical (unpaired) electrons. The van der Waals surface area contributed by atoms with Crippen LogP contribution in [0.2, 0.25) is 0 Å². The quantitative estimate of drug-likeness (QED) is 0.543. The summed E-state index contributed by atoms with van der Waals surface area (Å²) in [5.41, 5.74) is 8.61. The minimum absolute atomic E-state index is 0. The van der Waals surface area contributed by atoms with Crippen LogP contribution in [0.5, 0.6) is 0 Å². The highest BCUT2D eigenvalue weighted by molar-refractivity contribution is 5.94. The number of carbonyl (C=O) groups excluding carboxylic acids is 2. The minimum atomic E-state index is -0.366. The fourth-order valence-electron chi connectivity index (χ4n) is 2.79. The van der Waals surface area contributed by atoms with Crippen molar-refractivity contribution in [1.82, 2.24) is 15.5 Å². The van der Waals surface area contributed by atoms with Crippen molar-refractivity contribution in [3.63, 3.8) is 0 Å². The lowest BCUT2D eigenvalue weighted by atomic mass is 9.94. The SMILES string of the molecule is CC(C(=O)NCc1cccc(C(=O)NCCN(C)C)c1)C(N)c1ccccc1.Cl.Cl. The van der Waals surface area contributed by atoms with E-state index in [1.54, 1.807) is 12.1 Å². The number of benzene rings is 2. The maximum absolute atomic E-state index is 12.5. The highest BCUT2D eigenvalue weighted by Crippen LogP contribution is 2.19. The van der Waals surface area contributed by atoms with Crippen molar-refractivity contribution in [3.8, 4) is 0 Å². The van der Waals surface area contributed by atoms with Gasteiger partial charge in [0.2, 0.25) is 5.91 Å². The second-order valence-corrected chi connectivity index (χ2v) is 7.20. The second-order valence-electron chi connectivity index (χ2n) is 7.20. The van der Waals surface area contributed by atoms with Crippen LogP contribution in [0.15, 0.2) is 54.6 Å². The Balaban J connectivity index is 0.00000420. The molecule has 2 aromatic carbocycles. The van der Waals surface area contributed by atoms with Crippen LogP contribution in [0.3, 0.4) is 0 Å². The molecule has 0 aliphatic rings. The fourth-order valence-corrected chi connectivity index (χ4v) is 2.79. The molecule has 0 aliphatic carbocycles. The van der Waals surface area contributed by atoms with E-state index in [1.165, 1.54) is 0 Å². The third-order valence-corrected chi connectivity index (χ3v) is 4.64. The van der Waals surface area contributed by atoms with Gasteiger partial charge in [-0.15, -0.1) is 24.8 Å². The van der Waals surface area contributed by atoms with Crippen LogP contribution in [0, 0.1) is 5.92 Å². The van der Waals surface area contributed by atoms with Crippen LogP contribution in [-0.2, 0) is 11.3 Å². The lowest BCUT2D eigenvalue weighted by Gasteiger charge is -2.20. The summed E-state index contributed by atoms with van der Waals surface area (Å²) in [6.07, 6.45) is 0. The predicted molar refractivity (Wildman–Crippen MR) is 126 cm³/mol. The van der Waals surface area contributed by atoms with E-state index in [1.807, 2.05) is 68.4 Å². The minimum Gasteiger partial charge on any atom is -0.352 e. The van der Waals surface area contributed by atoms with E-state index in [-0.39, 0.29) is 48.6 Å². The van der Waals surface area contributed by atoms with Crippen LogP contribution >= 0.6 is 24.8 Å². The number of rotatable bonds is 9. The summed E-state index contributed by atoms with van der Waals surface area (Å²) in [5, 5.41) is 5.81. The fraction of sp³-hybridized carbons (Fsp3) is 0.364. The summed E-state index contributed by atoms with van der Waals surface area (Å²) in [7, 11) is 3.92. The summed E-state index contributed by atoms with van der Waals surface area (Å²) in [5.74, 6) is -0.591. The van der Waals surface area contributed by atoms with E-state index < -0.39 is 0 Å². The first-order chi connectivity index (χ1) is 13.4. The molecule has 2 atom stereocenters. The van der Waals surface area contributed by atoms with Crippen molar-refractivity contribution >= 4 is 36.6 Å². The van der Waals surface area contributed by atoms with Gasteiger partial charge >= 0.3 is 0 Å². The van der Waals surface area contributed by atoms with Crippen LogP contribution in [-0.4, -0.2) is 43.9 Å². The lowest BCUT2D eigenvalue weighted by Crippen LogP contribution is -2.35. The maximum atomic E-state index is 12.5. The standard InChI is InChI=1S/C22H30N4O2.2ClH/c1-16(20(23)18-9-5-4-6-10-18)21(27)25-15-17-8-7-11-19(14-17)22(28)24-12-13-26(2)3;;/h4-11,14,16,20H,12-13,15,23H2,1-3H3,(H,24,28)(H,25,27);2*1H. The number of likely N-dealkylation sites (N-methyl/N-ethyl adjacent to an activating group) is 1. The molecule has 2 rings (SSSR count). The van der Waals surface area contributed by atoms with Crippen LogP contribution in [0.4, 0.5) is 0 Å². The van der Waals surface area contributed by atoms with E-state index >= 15 is 0 Å². The highest BCUT2D eigenvalue weighted by Gasteiger charge is 2.21. The molecular weight excluding hydrogens is 423 g/mol. The van der Waals surface area contributed by atoms with Gasteiger partial charge in [-0.3, -0.25) is 9.59 Å². The number of nitrogens with two attached hydrogens (primary N) is 1. The Labute approximate surface area is 191 Å². The molecule has 0 saturated carbocycles. The molecule has 0 aliphatic heterocycles. The van der Waals surface area contributed by atoms with Gasteiger partial charge in [0.05, 0.1) is 5.92 Å². The molecule has 4 N–H and O–H groups in total. The van der Waals surface area contributed by atoms with Crippen molar-refractivity contribution < 1.29 is 9.59 Å². The van der Waals surface area contributed by atoms with E-state index in [0.717, 1.165) is 17.7 Å². The van der Waals surface area contributed by atoms with Gasteiger partial charge in [0.15, 0.2) is 0 Å². The molecule has 0 fully saturated rings. The molecule has 0 spiro atoms. The van der Waals surface area contributed by atoms with E-state index in [0.29, 0.717) is 18.7 Å². The summed E-state index contributed by atoms with van der Waals surface area (Å²) >= 11 is 0. The van der Waals surface area contributed by atoms with Gasteiger partial charge in [-0.25, -0.2) is 0 Å². The second kappa shape index (κ2) is 14.0. The zero-order chi connectivity index (χ0) is 20.5. The zero-order valence-corrected chi connectivity index (χ0v) is 19.3. The number of halogens is 2. The average molecular weight is 455 g/mol. The summed E-state index contributed by atoms with van der Waals surface area (Å²) < 4.78 is 0. The van der Waals surface area contributed by atoms with E-state index in [4.69, 9.17) is 5.73 Å². The Morgan fingerprint density at radius 2 is 1.67 bits per heavy atom. The number of amides is 2. The van der Waals surface area contributed by atoms with Crippen molar-refractivity contribution in [3.05, 3.63) is 71.3 Å². The van der Waals surface area contributed by atoms with Gasteiger partial charge in [-0.05, 0) is 37.4 Å². The monoisotopic (exact) mass is 454 g/mol. The summed E-state index contributed by atoms with van der Waals surface area (Å²) in [4.78, 5) is 26.7. The molecule has 2 amide bonds. The topological polar surface area (TPSA) is 87.5 Å². The van der Waals surface area contributed by atoms with Gasteiger partial charge in [-0.2, -0.15) is 0 Å². The first kappa shape index (κ1) is 27.9. The Bertz CT molecular complexity index is 788. The number of nitrogens with one attached hydrogen (secondary N) is 2. The van der Waals surface area contributed by atoms with Crippen molar-refractivity contribution in [1.29, 1.82) is 0 Å². The van der Waals surface area contributed by atoms with E-state index in [2.05, 4.69) is 10.6 Å². The van der Waals surface area contributed by atoms with E-state index in [9.17, 15) is 9.59 Å². The Kier molecular flexibility index (Phi) is 13.0. The Hall–Kier alpha value is -2.12. The largest absolute Gasteiger partial charge is 0.352 e. The molecule has 2 unspecified atom stereocenters. The van der Waals surface area contributed by atoms with Crippen LogP contribution < -0.4 is 16.4 Å². The third-order valence-electron chi connectivity index (χ3n) is 4.64.